The van der Waals surface area contributed by atoms with Crippen LogP contribution in [0.4, 0.5) is 5.69 Å². The third-order valence-electron chi connectivity index (χ3n) is 5.25. The lowest BCUT2D eigenvalue weighted by Gasteiger charge is -2.17. The van der Waals surface area contributed by atoms with Crippen LogP contribution in [-0.4, -0.2) is 38.2 Å². The molecule has 2 atom stereocenters. The van der Waals surface area contributed by atoms with Crippen molar-refractivity contribution in [3.05, 3.63) is 60.0 Å². The van der Waals surface area contributed by atoms with Gasteiger partial charge >= 0.3 is 0 Å². The number of hydrogen-bond donors (Lipinski definition) is 2. The first kappa shape index (κ1) is 19.6. The summed E-state index contributed by atoms with van der Waals surface area (Å²) in [5, 5.41) is 12.6. The maximum atomic E-state index is 12.9. The van der Waals surface area contributed by atoms with Gasteiger partial charge in [-0.1, -0.05) is 12.1 Å². The first-order chi connectivity index (χ1) is 13.7. The van der Waals surface area contributed by atoms with E-state index in [2.05, 4.69) is 20.7 Å². The third-order valence-corrected chi connectivity index (χ3v) is 6.02. The van der Waals surface area contributed by atoms with Gasteiger partial charge in [0.05, 0.1) is 17.8 Å². The monoisotopic (exact) mass is 428 g/mol. The molecule has 4 aromatic rings. The number of hydrogen-bond acceptors (Lipinski definition) is 5. The fourth-order valence-electron chi connectivity index (χ4n) is 3.76. The lowest BCUT2D eigenvalue weighted by molar-refractivity contribution is -0.119. The first-order valence-corrected chi connectivity index (χ1v) is 10.1. The van der Waals surface area contributed by atoms with E-state index < -0.39 is 0 Å². The molecule has 0 saturated carbocycles. The lowest BCUT2D eigenvalue weighted by Crippen LogP contribution is -2.28. The van der Waals surface area contributed by atoms with Crippen LogP contribution in [-0.2, 0) is 11.8 Å². The molecule has 7 nitrogen and oxygen atoms in total. The summed E-state index contributed by atoms with van der Waals surface area (Å²) in [4.78, 5) is 18.4. The lowest BCUT2D eigenvalue weighted by atomic mass is 9.90. The van der Waals surface area contributed by atoms with Crippen LogP contribution < -0.4 is 10.6 Å². The van der Waals surface area contributed by atoms with Crippen molar-refractivity contribution in [2.24, 2.45) is 13.0 Å². The van der Waals surface area contributed by atoms with Gasteiger partial charge in [-0.25, -0.2) is 4.98 Å². The molecule has 0 aliphatic carbocycles. The maximum Gasteiger partial charge on any atom is 0.229 e. The summed E-state index contributed by atoms with van der Waals surface area (Å²) in [5.74, 6) is 0.0735. The van der Waals surface area contributed by atoms with E-state index in [0.29, 0.717) is 6.54 Å². The van der Waals surface area contributed by atoms with Crippen molar-refractivity contribution in [2.45, 2.75) is 5.92 Å². The fraction of sp³-hybridized carbons (Fsp3) is 0.250. The molecule has 150 valence electrons. The number of carbonyl (C=O) groups is 1. The zero-order chi connectivity index (χ0) is 19.1. The largest absolute Gasteiger partial charge is 0.326 e. The summed E-state index contributed by atoms with van der Waals surface area (Å²) in [6.07, 6.45) is 7.85. The average Bonchev–Trinajstić information content (AvgIpc) is 3.45. The van der Waals surface area contributed by atoms with Crippen LogP contribution in [0.3, 0.4) is 0 Å². The normalized spacial score (nSPS) is 18.7. The number of halogens is 1. The highest BCUT2D eigenvalue weighted by Gasteiger charge is 2.34. The molecule has 0 radical (unpaired) electrons. The number of aromatic nitrogens is 4. The van der Waals surface area contributed by atoms with Crippen molar-refractivity contribution >= 4 is 40.3 Å². The molecule has 1 aliphatic heterocycles. The van der Waals surface area contributed by atoms with Crippen LogP contribution in [0.1, 0.15) is 11.5 Å². The van der Waals surface area contributed by atoms with E-state index in [9.17, 15) is 4.79 Å². The van der Waals surface area contributed by atoms with E-state index in [0.717, 1.165) is 34.0 Å². The van der Waals surface area contributed by atoms with Crippen LogP contribution in [0.5, 0.6) is 0 Å². The Labute approximate surface area is 178 Å². The second-order valence-corrected chi connectivity index (χ2v) is 7.98. The Morgan fingerprint density at radius 2 is 2.07 bits per heavy atom. The van der Waals surface area contributed by atoms with E-state index in [-0.39, 0.29) is 30.2 Å². The van der Waals surface area contributed by atoms with Gasteiger partial charge in [0.2, 0.25) is 5.91 Å². The Kier molecular flexibility index (Phi) is 5.40. The Hall–Kier alpha value is -2.68. The predicted molar refractivity (Wildman–Crippen MR) is 117 cm³/mol. The predicted octanol–water partition coefficient (Wildman–Crippen LogP) is 3.16. The minimum atomic E-state index is -0.108. The van der Waals surface area contributed by atoms with Crippen LogP contribution in [0.25, 0.3) is 16.2 Å². The zero-order valence-electron chi connectivity index (χ0n) is 15.8. The summed E-state index contributed by atoms with van der Waals surface area (Å²) >= 11 is 1.61. The number of rotatable bonds is 4. The van der Waals surface area contributed by atoms with E-state index in [1.165, 1.54) is 0 Å². The van der Waals surface area contributed by atoms with Gasteiger partial charge in [-0.3, -0.25) is 13.9 Å². The van der Waals surface area contributed by atoms with Gasteiger partial charge in [-0.05, 0) is 17.7 Å². The summed E-state index contributed by atoms with van der Waals surface area (Å²) in [6, 6.07) is 7.85. The zero-order valence-corrected chi connectivity index (χ0v) is 17.4. The molecule has 1 saturated heterocycles. The highest BCUT2D eigenvalue weighted by molar-refractivity contribution is 7.15. The topological polar surface area (TPSA) is 76.2 Å². The second kappa shape index (κ2) is 7.98. The van der Waals surface area contributed by atoms with Crippen molar-refractivity contribution in [2.75, 3.05) is 18.4 Å². The summed E-state index contributed by atoms with van der Waals surface area (Å²) in [7, 11) is 1.90. The second-order valence-electron chi connectivity index (χ2n) is 7.10. The molecule has 9 heteroatoms. The number of aryl methyl sites for hydroxylation is 1. The van der Waals surface area contributed by atoms with Crippen LogP contribution in [0.2, 0.25) is 0 Å². The molecule has 2 N–H and O–H groups in total. The highest BCUT2D eigenvalue weighted by atomic mass is 35.5. The Morgan fingerprint density at radius 3 is 2.79 bits per heavy atom. The van der Waals surface area contributed by atoms with Gasteiger partial charge in [0.1, 0.15) is 0 Å². The number of benzene rings is 1. The van der Waals surface area contributed by atoms with Crippen molar-refractivity contribution in [3.8, 4) is 11.3 Å². The smallest absolute Gasteiger partial charge is 0.229 e. The molecule has 5 rings (SSSR count). The Bertz CT molecular complexity index is 1100. The molecule has 4 heterocycles. The van der Waals surface area contributed by atoms with E-state index in [1.807, 2.05) is 65.9 Å². The van der Waals surface area contributed by atoms with Crippen LogP contribution in [0.15, 0.2) is 54.4 Å². The number of nitrogens with one attached hydrogen (secondary N) is 2. The molecule has 0 spiro atoms. The van der Waals surface area contributed by atoms with E-state index >= 15 is 0 Å². The Balaban J connectivity index is 0.00000205. The molecule has 1 aliphatic rings. The molecule has 1 aromatic carbocycles. The van der Waals surface area contributed by atoms with Crippen molar-refractivity contribution in [3.63, 3.8) is 0 Å². The summed E-state index contributed by atoms with van der Waals surface area (Å²) in [6.45, 7) is 1.47. The third kappa shape index (κ3) is 3.78. The molecule has 1 amide bonds. The van der Waals surface area contributed by atoms with Crippen molar-refractivity contribution < 1.29 is 4.79 Å². The van der Waals surface area contributed by atoms with Gasteiger partial charge in [0.15, 0.2) is 4.96 Å². The molecule has 3 aromatic heterocycles. The van der Waals surface area contributed by atoms with Gasteiger partial charge < -0.3 is 10.6 Å². The quantitative estimate of drug-likeness (QED) is 0.523. The van der Waals surface area contributed by atoms with E-state index in [4.69, 9.17) is 0 Å². The highest BCUT2D eigenvalue weighted by Crippen LogP contribution is 2.29. The molecule has 1 fully saturated rings. The molecule has 0 unspecified atom stereocenters. The van der Waals surface area contributed by atoms with Gasteiger partial charge in [-0.15, -0.1) is 23.7 Å². The molecular formula is C20H21ClN6OS. The average molecular weight is 429 g/mol. The maximum absolute atomic E-state index is 12.9. The number of fused-ring (bicyclic) bond motifs is 1. The van der Waals surface area contributed by atoms with Crippen LogP contribution >= 0.6 is 23.7 Å². The standard InChI is InChI=1S/C20H20N6OS.ClH/c1-25-11-14(8-22-25)16-9-21-10-17(16)19(27)23-15-4-2-13(3-5-15)18-12-26-6-7-28-20(26)24-18;/h2-8,11-12,16-17,21H,9-10H2,1H3,(H,23,27);1H/t16-,17+;/m1./s1. The SMILES string of the molecule is Cl.Cn1cc([C@H]2CNC[C@@H]2C(=O)Nc2ccc(-c3cn4ccsc4n3)cc2)cn1. The number of imidazole rings is 1. The number of nitrogens with zero attached hydrogens (tertiary/aromatic N) is 4. The van der Waals surface area contributed by atoms with Crippen LogP contribution in [0, 0.1) is 5.92 Å². The first-order valence-electron chi connectivity index (χ1n) is 9.20. The molecule has 29 heavy (non-hydrogen) atoms. The van der Waals surface area contributed by atoms with Gasteiger partial charge in [0.25, 0.3) is 0 Å². The summed E-state index contributed by atoms with van der Waals surface area (Å²) < 4.78 is 3.79. The van der Waals surface area contributed by atoms with Gasteiger partial charge in [-0.2, -0.15) is 5.10 Å². The van der Waals surface area contributed by atoms with Crippen molar-refractivity contribution in [1.82, 2.24) is 24.5 Å². The fourth-order valence-corrected chi connectivity index (χ4v) is 4.46. The minimum Gasteiger partial charge on any atom is -0.326 e. The van der Waals surface area contributed by atoms with Gasteiger partial charge in [0, 0.05) is 61.3 Å². The number of thiazole rings is 1. The van der Waals surface area contributed by atoms with E-state index in [1.54, 1.807) is 16.0 Å². The molecular weight excluding hydrogens is 408 g/mol. The number of anilines is 1. The number of carbonyl (C=O) groups excluding carboxylic acids is 1. The molecule has 0 bridgehead atoms. The minimum absolute atomic E-state index is 0. The Morgan fingerprint density at radius 1 is 1.24 bits per heavy atom. The summed E-state index contributed by atoms with van der Waals surface area (Å²) in [5.41, 5.74) is 3.86. The number of amides is 1. The van der Waals surface area contributed by atoms with Crippen molar-refractivity contribution in [1.29, 1.82) is 0 Å².